The Bertz CT molecular complexity index is 450. The van der Waals surface area contributed by atoms with E-state index in [1.807, 2.05) is 13.0 Å². The van der Waals surface area contributed by atoms with Crippen molar-refractivity contribution >= 4 is 22.5 Å². The fourth-order valence-electron chi connectivity index (χ4n) is 1.41. The van der Waals surface area contributed by atoms with Gasteiger partial charge in [0.1, 0.15) is 11.3 Å². The first-order valence-corrected chi connectivity index (χ1v) is 4.46. The molecule has 1 heterocycles. The molecule has 0 fully saturated rings. The van der Waals surface area contributed by atoms with Crippen LogP contribution in [0.3, 0.4) is 0 Å². The number of rotatable bonds is 1. The van der Waals surface area contributed by atoms with Crippen molar-refractivity contribution in [3.8, 4) is 5.75 Å². The van der Waals surface area contributed by atoms with Crippen molar-refractivity contribution in [2.45, 2.75) is 13.5 Å². The van der Waals surface area contributed by atoms with Crippen molar-refractivity contribution in [2.24, 2.45) is 0 Å². The van der Waals surface area contributed by atoms with Crippen LogP contribution in [0.2, 0.25) is 5.15 Å². The summed E-state index contributed by atoms with van der Waals surface area (Å²) in [4.78, 5) is 0. The second-order valence-corrected chi connectivity index (χ2v) is 3.14. The van der Waals surface area contributed by atoms with E-state index in [2.05, 4.69) is 5.10 Å². The minimum atomic E-state index is 0.221. The Labute approximate surface area is 80.5 Å². The van der Waals surface area contributed by atoms with Gasteiger partial charge in [-0.05, 0) is 19.1 Å². The number of aromatic hydroxyl groups is 1. The summed E-state index contributed by atoms with van der Waals surface area (Å²) < 4.78 is 1.69. The summed E-state index contributed by atoms with van der Waals surface area (Å²) in [7, 11) is 0. The zero-order valence-corrected chi connectivity index (χ0v) is 7.91. The van der Waals surface area contributed by atoms with Crippen molar-refractivity contribution in [3.05, 3.63) is 23.4 Å². The monoisotopic (exact) mass is 196 g/mol. The summed E-state index contributed by atoms with van der Waals surface area (Å²) in [5.41, 5.74) is 0.704. The molecule has 0 amide bonds. The Kier molecular flexibility index (Phi) is 1.88. The number of nitrogens with zero attached hydrogens (tertiary/aromatic N) is 2. The molecule has 0 aliphatic heterocycles. The summed E-state index contributed by atoms with van der Waals surface area (Å²) in [5, 5.41) is 14.9. The normalized spacial score (nSPS) is 10.9. The van der Waals surface area contributed by atoms with Crippen molar-refractivity contribution in [2.75, 3.05) is 0 Å². The first-order chi connectivity index (χ1) is 6.24. The van der Waals surface area contributed by atoms with Crippen LogP contribution in [0, 0.1) is 0 Å². The van der Waals surface area contributed by atoms with Crippen LogP contribution in [0.25, 0.3) is 10.9 Å². The molecular weight excluding hydrogens is 188 g/mol. The fourth-order valence-corrected chi connectivity index (χ4v) is 1.65. The molecule has 2 rings (SSSR count). The third-order valence-electron chi connectivity index (χ3n) is 2.00. The van der Waals surface area contributed by atoms with Gasteiger partial charge in [-0.25, -0.2) is 0 Å². The van der Waals surface area contributed by atoms with Crippen LogP contribution >= 0.6 is 11.6 Å². The molecule has 0 bridgehead atoms. The van der Waals surface area contributed by atoms with Crippen LogP contribution in [0.1, 0.15) is 6.92 Å². The maximum atomic E-state index is 9.58. The van der Waals surface area contributed by atoms with Crippen LogP contribution in [0.15, 0.2) is 18.2 Å². The molecule has 0 saturated carbocycles. The van der Waals surface area contributed by atoms with E-state index < -0.39 is 0 Å². The van der Waals surface area contributed by atoms with E-state index in [1.165, 1.54) is 0 Å². The minimum Gasteiger partial charge on any atom is -0.506 e. The lowest BCUT2D eigenvalue weighted by Gasteiger charge is -1.99. The standard InChI is InChI=1S/C9H9ClN2O/c1-2-12-8-6(9(10)11-12)4-3-5-7(8)13/h3-5,13H,2H2,1H3. The van der Waals surface area contributed by atoms with Gasteiger partial charge in [-0.3, -0.25) is 4.68 Å². The Morgan fingerprint density at radius 2 is 2.31 bits per heavy atom. The van der Waals surface area contributed by atoms with E-state index in [0.29, 0.717) is 17.2 Å². The van der Waals surface area contributed by atoms with Crippen LogP contribution in [0.4, 0.5) is 0 Å². The predicted octanol–water partition coefficient (Wildman–Crippen LogP) is 2.42. The number of para-hydroxylation sites is 1. The van der Waals surface area contributed by atoms with E-state index >= 15 is 0 Å². The molecule has 2 aromatic rings. The second kappa shape index (κ2) is 2.92. The van der Waals surface area contributed by atoms with Gasteiger partial charge in [0.05, 0.1) is 0 Å². The lowest BCUT2D eigenvalue weighted by Crippen LogP contribution is -1.95. The molecule has 13 heavy (non-hydrogen) atoms. The van der Waals surface area contributed by atoms with Crippen molar-refractivity contribution < 1.29 is 5.11 Å². The molecular formula is C9H9ClN2O. The van der Waals surface area contributed by atoms with Crippen LogP contribution in [0.5, 0.6) is 5.75 Å². The number of hydrogen-bond donors (Lipinski definition) is 1. The zero-order valence-electron chi connectivity index (χ0n) is 7.16. The quantitative estimate of drug-likeness (QED) is 0.761. The number of halogens is 1. The van der Waals surface area contributed by atoms with E-state index in [1.54, 1.807) is 16.8 Å². The molecule has 0 spiro atoms. The number of fused-ring (bicyclic) bond motifs is 1. The molecule has 4 heteroatoms. The van der Waals surface area contributed by atoms with Gasteiger partial charge in [0.2, 0.25) is 0 Å². The molecule has 1 aromatic carbocycles. The molecule has 0 aliphatic carbocycles. The molecule has 0 unspecified atom stereocenters. The third kappa shape index (κ3) is 1.16. The summed E-state index contributed by atoms with van der Waals surface area (Å²) in [6.45, 7) is 2.65. The molecule has 1 N–H and O–H groups in total. The number of benzene rings is 1. The SMILES string of the molecule is CCn1nc(Cl)c2cccc(O)c21. The van der Waals surface area contributed by atoms with Gasteiger partial charge in [0, 0.05) is 11.9 Å². The molecule has 0 aliphatic rings. The Morgan fingerprint density at radius 3 is 3.00 bits per heavy atom. The summed E-state index contributed by atoms with van der Waals surface area (Å²) in [5.74, 6) is 0.221. The molecule has 0 radical (unpaired) electrons. The minimum absolute atomic E-state index is 0.221. The average molecular weight is 197 g/mol. The Morgan fingerprint density at radius 1 is 1.54 bits per heavy atom. The highest BCUT2D eigenvalue weighted by molar-refractivity contribution is 6.34. The highest BCUT2D eigenvalue weighted by atomic mass is 35.5. The van der Waals surface area contributed by atoms with Crippen LogP contribution in [-0.4, -0.2) is 14.9 Å². The van der Waals surface area contributed by atoms with Crippen molar-refractivity contribution in [1.82, 2.24) is 9.78 Å². The number of phenolic OH excluding ortho intramolecular Hbond substituents is 1. The molecule has 0 atom stereocenters. The average Bonchev–Trinajstić information content (AvgIpc) is 2.45. The molecule has 0 saturated heterocycles. The van der Waals surface area contributed by atoms with Crippen LogP contribution in [-0.2, 0) is 6.54 Å². The largest absolute Gasteiger partial charge is 0.506 e. The van der Waals surface area contributed by atoms with Gasteiger partial charge in [-0.1, -0.05) is 17.7 Å². The predicted molar refractivity (Wildman–Crippen MR) is 52.1 cm³/mol. The first kappa shape index (κ1) is 8.38. The van der Waals surface area contributed by atoms with Crippen LogP contribution < -0.4 is 0 Å². The van der Waals surface area contributed by atoms with E-state index in [-0.39, 0.29) is 5.75 Å². The van der Waals surface area contributed by atoms with E-state index in [0.717, 1.165) is 5.39 Å². The highest BCUT2D eigenvalue weighted by Gasteiger charge is 2.10. The number of hydrogen-bond acceptors (Lipinski definition) is 2. The Hall–Kier alpha value is -1.22. The van der Waals surface area contributed by atoms with Gasteiger partial charge in [-0.15, -0.1) is 0 Å². The lowest BCUT2D eigenvalue weighted by molar-refractivity contribution is 0.476. The maximum absolute atomic E-state index is 9.58. The Balaban J connectivity index is 2.89. The van der Waals surface area contributed by atoms with Gasteiger partial charge in [0.25, 0.3) is 0 Å². The van der Waals surface area contributed by atoms with Gasteiger partial charge in [-0.2, -0.15) is 5.10 Å². The lowest BCUT2D eigenvalue weighted by atomic mass is 10.2. The van der Waals surface area contributed by atoms with Gasteiger partial charge in [0.15, 0.2) is 5.15 Å². The van der Waals surface area contributed by atoms with E-state index in [9.17, 15) is 5.11 Å². The summed E-state index contributed by atoms with van der Waals surface area (Å²) in [6, 6.07) is 5.23. The van der Waals surface area contributed by atoms with Gasteiger partial charge >= 0.3 is 0 Å². The third-order valence-corrected chi connectivity index (χ3v) is 2.28. The number of phenols is 1. The number of aromatic nitrogens is 2. The summed E-state index contributed by atoms with van der Waals surface area (Å²) in [6.07, 6.45) is 0. The van der Waals surface area contributed by atoms with Crippen molar-refractivity contribution in [3.63, 3.8) is 0 Å². The molecule has 1 aromatic heterocycles. The topological polar surface area (TPSA) is 38.0 Å². The zero-order chi connectivity index (χ0) is 9.42. The van der Waals surface area contributed by atoms with Crippen molar-refractivity contribution in [1.29, 1.82) is 0 Å². The second-order valence-electron chi connectivity index (χ2n) is 2.78. The molecule has 3 nitrogen and oxygen atoms in total. The molecule has 68 valence electrons. The maximum Gasteiger partial charge on any atom is 0.159 e. The first-order valence-electron chi connectivity index (χ1n) is 4.08. The number of aryl methyl sites for hydroxylation is 1. The smallest absolute Gasteiger partial charge is 0.159 e. The fraction of sp³-hybridized carbons (Fsp3) is 0.222. The summed E-state index contributed by atoms with van der Waals surface area (Å²) >= 11 is 5.89. The van der Waals surface area contributed by atoms with Gasteiger partial charge < -0.3 is 5.11 Å². The highest BCUT2D eigenvalue weighted by Crippen LogP contribution is 2.29. The van der Waals surface area contributed by atoms with E-state index in [4.69, 9.17) is 11.6 Å².